The van der Waals surface area contributed by atoms with E-state index in [0.717, 1.165) is 19.3 Å². The first-order chi connectivity index (χ1) is 7.24. The molecule has 0 saturated heterocycles. The third-order valence-corrected chi connectivity index (χ3v) is 3.23. The number of nitrogens with two attached hydrogens (primary N) is 1. The Bertz CT molecular complexity index is 186. The number of carbonyl (C=O) groups is 1. The molecule has 0 aromatic carbocycles. The average Bonchev–Trinajstić information content (AvgIpc) is 2.20. The average molecular weight is 212 g/mol. The van der Waals surface area contributed by atoms with E-state index in [9.17, 15) is 4.79 Å². The normalized spacial score (nSPS) is 21.5. The number of rotatable bonds is 3. The summed E-state index contributed by atoms with van der Waals surface area (Å²) in [5.41, 5.74) is 5.69. The minimum atomic E-state index is -0.324. The molecule has 88 valence electrons. The summed E-state index contributed by atoms with van der Waals surface area (Å²) < 4.78 is 0. The molecule has 3 N–H and O–H groups in total. The Morgan fingerprint density at radius 2 is 1.80 bits per heavy atom. The number of nitrogens with one attached hydrogen (secondary N) is 1. The molecule has 0 aliphatic heterocycles. The molecule has 0 radical (unpaired) electrons. The van der Waals surface area contributed by atoms with E-state index >= 15 is 0 Å². The van der Waals surface area contributed by atoms with Gasteiger partial charge in [0.2, 0.25) is 5.91 Å². The molecule has 1 unspecified atom stereocenters. The highest BCUT2D eigenvalue weighted by Crippen LogP contribution is 2.17. The van der Waals surface area contributed by atoms with Crippen molar-refractivity contribution in [2.45, 2.75) is 70.4 Å². The highest BCUT2D eigenvalue weighted by atomic mass is 16.2. The van der Waals surface area contributed by atoms with Gasteiger partial charge in [0, 0.05) is 6.04 Å². The Labute approximate surface area is 92.8 Å². The topological polar surface area (TPSA) is 55.1 Å². The smallest absolute Gasteiger partial charge is 0.237 e. The molecule has 1 aliphatic carbocycles. The van der Waals surface area contributed by atoms with Crippen LogP contribution in [0.2, 0.25) is 0 Å². The lowest BCUT2D eigenvalue weighted by Gasteiger charge is -2.22. The van der Waals surface area contributed by atoms with Gasteiger partial charge >= 0.3 is 0 Å². The van der Waals surface area contributed by atoms with Crippen molar-refractivity contribution < 1.29 is 4.79 Å². The number of hydrogen-bond acceptors (Lipinski definition) is 2. The second-order valence-electron chi connectivity index (χ2n) is 4.57. The zero-order valence-corrected chi connectivity index (χ0v) is 9.80. The van der Waals surface area contributed by atoms with Crippen molar-refractivity contribution >= 4 is 5.91 Å². The van der Waals surface area contributed by atoms with E-state index in [1.807, 2.05) is 6.92 Å². The fourth-order valence-electron chi connectivity index (χ4n) is 2.09. The van der Waals surface area contributed by atoms with Gasteiger partial charge in [-0.25, -0.2) is 0 Å². The fraction of sp³-hybridized carbons (Fsp3) is 0.917. The first-order valence-corrected chi connectivity index (χ1v) is 6.30. The van der Waals surface area contributed by atoms with E-state index in [-0.39, 0.29) is 11.9 Å². The number of amides is 1. The molecule has 0 heterocycles. The molecule has 0 aromatic rings. The first-order valence-electron chi connectivity index (χ1n) is 6.30. The molecule has 1 fully saturated rings. The Morgan fingerprint density at radius 3 is 2.33 bits per heavy atom. The Hall–Kier alpha value is -0.570. The van der Waals surface area contributed by atoms with Crippen LogP contribution in [0.15, 0.2) is 0 Å². The van der Waals surface area contributed by atoms with E-state index in [0.29, 0.717) is 6.04 Å². The lowest BCUT2D eigenvalue weighted by Crippen LogP contribution is -2.45. The van der Waals surface area contributed by atoms with Crippen LogP contribution in [0.4, 0.5) is 0 Å². The second kappa shape index (κ2) is 6.83. The second-order valence-corrected chi connectivity index (χ2v) is 4.57. The van der Waals surface area contributed by atoms with Crippen LogP contribution in [0.25, 0.3) is 0 Å². The quantitative estimate of drug-likeness (QED) is 0.751. The molecule has 1 saturated carbocycles. The van der Waals surface area contributed by atoms with Gasteiger partial charge in [0.1, 0.15) is 0 Å². The minimum absolute atomic E-state index is 0.0306. The maximum atomic E-state index is 11.6. The largest absolute Gasteiger partial charge is 0.352 e. The Balaban J connectivity index is 2.31. The third-order valence-electron chi connectivity index (χ3n) is 3.23. The molecule has 3 nitrogen and oxygen atoms in total. The van der Waals surface area contributed by atoms with E-state index in [4.69, 9.17) is 5.73 Å². The highest BCUT2D eigenvalue weighted by molar-refractivity contribution is 5.81. The molecule has 15 heavy (non-hydrogen) atoms. The monoisotopic (exact) mass is 212 g/mol. The van der Waals surface area contributed by atoms with Crippen molar-refractivity contribution in [2.24, 2.45) is 5.73 Å². The summed E-state index contributed by atoms with van der Waals surface area (Å²) in [5, 5.41) is 3.07. The van der Waals surface area contributed by atoms with Crippen molar-refractivity contribution in [2.75, 3.05) is 0 Å². The number of hydrogen-bond donors (Lipinski definition) is 2. The van der Waals surface area contributed by atoms with Crippen LogP contribution < -0.4 is 11.1 Å². The molecule has 1 amide bonds. The Morgan fingerprint density at radius 1 is 1.27 bits per heavy atom. The number of carbonyl (C=O) groups excluding carboxylic acids is 1. The summed E-state index contributed by atoms with van der Waals surface area (Å²) in [4.78, 5) is 11.6. The van der Waals surface area contributed by atoms with E-state index in [2.05, 4.69) is 5.32 Å². The summed E-state index contributed by atoms with van der Waals surface area (Å²) in [5.74, 6) is 0.0306. The lowest BCUT2D eigenvalue weighted by molar-refractivity contribution is -0.123. The van der Waals surface area contributed by atoms with Crippen LogP contribution in [0.1, 0.15) is 58.3 Å². The fourth-order valence-corrected chi connectivity index (χ4v) is 2.09. The summed E-state index contributed by atoms with van der Waals surface area (Å²) in [6.45, 7) is 1.95. The van der Waals surface area contributed by atoms with Crippen LogP contribution in [0.5, 0.6) is 0 Å². The van der Waals surface area contributed by atoms with Crippen LogP contribution in [0.3, 0.4) is 0 Å². The predicted molar refractivity (Wildman–Crippen MR) is 62.5 cm³/mol. The summed E-state index contributed by atoms with van der Waals surface area (Å²) >= 11 is 0. The van der Waals surface area contributed by atoms with Gasteiger partial charge in [-0.15, -0.1) is 0 Å². The minimum Gasteiger partial charge on any atom is -0.352 e. The van der Waals surface area contributed by atoms with Gasteiger partial charge in [0.05, 0.1) is 6.04 Å². The first kappa shape index (κ1) is 12.5. The van der Waals surface area contributed by atoms with Crippen LogP contribution >= 0.6 is 0 Å². The zero-order valence-electron chi connectivity index (χ0n) is 9.80. The molecular weight excluding hydrogens is 188 g/mol. The molecule has 1 rings (SSSR count). The van der Waals surface area contributed by atoms with Gasteiger partial charge in [-0.05, 0) is 19.3 Å². The standard InChI is InChI=1S/C12H24N2O/c1-2-11(13)12(15)14-10-8-6-4-3-5-7-9-10/h10-11H,2-9,13H2,1H3,(H,14,15). The van der Waals surface area contributed by atoms with Crippen molar-refractivity contribution in [3.8, 4) is 0 Å². The molecular formula is C12H24N2O. The summed E-state index contributed by atoms with van der Waals surface area (Å²) in [6.07, 6.45) is 9.44. The molecule has 0 spiro atoms. The molecule has 3 heteroatoms. The molecule has 0 aromatic heterocycles. The SMILES string of the molecule is CCC(N)C(=O)NC1CCCCCCC1. The van der Waals surface area contributed by atoms with Gasteiger partial charge in [-0.3, -0.25) is 4.79 Å². The molecule has 1 atom stereocenters. The van der Waals surface area contributed by atoms with E-state index < -0.39 is 0 Å². The molecule has 1 aliphatic rings. The van der Waals surface area contributed by atoms with Crippen molar-refractivity contribution in [3.63, 3.8) is 0 Å². The van der Waals surface area contributed by atoms with E-state index in [1.54, 1.807) is 0 Å². The lowest BCUT2D eigenvalue weighted by atomic mass is 9.96. The maximum absolute atomic E-state index is 11.6. The van der Waals surface area contributed by atoms with Gasteiger partial charge < -0.3 is 11.1 Å². The van der Waals surface area contributed by atoms with Crippen molar-refractivity contribution in [3.05, 3.63) is 0 Å². The third kappa shape index (κ3) is 4.65. The van der Waals surface area contributed by atoms with E-state index in [1.165, 1.54) is 32.1 Å². The summed E-state index contributed by atoms with van der Waals surface area (Å²) in [6, 6.07) is 0.0471. The van der Waals surface area contributed by atoms with Crippen molar-refractivity contribution in [1.29, 1.82) is 0 Å². The van der Waals surface area contributed by atoms with Crippen molar-refractivity contribution in [1.82, 2.24) is 5.32 Å². The highest BCUT2D eigenvalue weighted by Gasteiger charge is 2.17. The van der Waals surface area contributed by atoms with Crippen LogP contribution in [0, 0.1) is 0 Å². The maximum Gasteiger partial charge on any atom is 0.237 e. The van der Waals surface area contributed by atoms with Crippen LogP contribution in [-0.2, 0) is 4.79 Å². The molecule has 0 bridgehead atoms. The zero-order chi connectivity index (χ0) is 11.1. The van der Waals surface area contributed by atoms with Gasteiger partial charge in [-0.1, -0.05) is 39.0 Å². The van der Waals surface area contributed by atoms with Gasteiger partial charge in [0.15, 0.2) is 0 Å². The Kier molecular flexibility index (Phi) is 5.69. The van der Waals surface area contributed by atoms with Crippen LogP contribution in [-0.4, -0.2) is 18.0 Å². The van der Waals surface area contributed by atoms with Gasteiger partial charge in [-0.2, -0.15) is 0 Å². The summed E-state index contributed by atoms with van der Waals surface area (Å²) in [7, 11) is 0. The predicted octanol–water partition coefficient (Wildman–Crippen LogP) is 1.95. The van der Waals surface area contributed by atoms with Gasteiger partial charge in [0.25, 0.3) is 0 Å².